The number of fused-ring (bicyclic) bond motifs is 1. The predicted octanol–water partition coefficient (Wildman–Crippen LogP) is 5.41. The van der Waals surface area contributed by atoms with Gasteiger partial charge < -0.3 is 15.5 Å². The molecule has 1 unspecified atom stereocenters. The maximum atomic E-state index is 13.1. The van der Waals surface area contributed by atoms with Crippen LogP contribution in [0.2, 0.25) is 0 Å². The van der Waals surface area contributed by atoms with Crippen molar-refractivity contribution in [2.45, 2.75) is 25.6 Å². The number of hydrogen-bond donors (Lipinski definition) is 2. The molecule has 5 nitrogen and oxygen atoms in total. The molecule has 8 heteroatoms. The highest BCUT2D eigenvalue weighted by atomic mass is 19.4. The van der Waals surface area contributed by atoms with Crippen LogP contribution in [0.1, 0.15) is 29.7 Å². The highest BCUT2D eigenvalue weighted by Crippen LogP contribution is 2.33. The van der Waals surface area contributed by atoms with Crippen LogP contribution in [-0.4, -0.2) is 18.4 Å². The Morgan fingerprint density at radius 1 is 0.939 bits per heavy atom. The lowest BCUT2D eigenvalue weighted by Crippen LogP contribution is -2.27. The van der Waals surface area contributed by atoms with Crippen molar-refractivity contribution in [3.8, 4) is 0 Å². The van der Waals surface area contributed by atoms with Crippen LogP contribution in [-0.2, 0) is 22.2 Å². The number of hydrogen-bond acceptors (Lipinski definition) is 3. The van der Waals surface area contributed by atoms with Gasteiger partial charge in [-0.2, -0.15) is 13.2 Å². The zero-order valence-corrected chi connectivity index (χ0v) is 17.8. The molecule has 0 aromatic heterocycles. The van der Waals surface area contributed by atoms with Crippen molar-refractivity contribution in [1.82, 2.24) is 0 Å². The summed E-state index contributed by atoms with van der Waals surface area (Å²) in [6.45, 7) is 2.12. The van der Waals surface area contributed by atoms with Crippen molar-refractivity contribution >= 4 is 28.9 Å². The summed E-state index contributed by atoms with van der Waals surface area (Å²) in [6, 6.07) is 18.1. The quantitative estimate of drug-likeness (QED) is 0.543. The Hall–Kier alpha value is -3.81. The third-order valence-corrected chi connectivity index (χ3v) is 5.52. The minimum absolute atomic E-state index is 0.0305. The molecule has 0 fully saturated rings. The standard InChI is InChI=1S/C25H22F3N3O2/c1-16(32)31-13-12-18-14-21(10-11-22(18)31)29-23(17-6-3-2-4-7-17)24(33)30-20-9-5-8-19(15-20)25(26,27)28/h2-11,14-15,23,29H,12-13H2,1H3,(H,30,33). The maximum Gasteiger partial charge on any atom is 0.416 e. The Morgan fingerprint density at radius 2 is 1.70 bits per heavy atom. The van der Waals surface area contributed by atoms with E-state index in [1.54, 1.807) is 35.2 Å². The van der Waals surface area contributed by atoms with Gasteiger partial charge in [0, 0.05) is 30.5 Å². The minimum atomic E-state index is -4.50. The highest BCUT2D eigenvalue weighted by molar-refractivity contribution is 5.98. The summed E-state index contributed by atoms with van der Waals surface area (Å²) in [7, 11) is 0. The minimum Gasteiger partial charge on any atom is -0.370 e. The van der Waals surface area contributed by atoms with Crippen LogP contribution >= 0.6 is 0 Å². The molecule has 1 aliphatic heterocycles. The van der Waals surface area contributed by atoms with Crippen LogP contribution in [0.3, 0.4) is 0 Å². The summed E-state index contributed by atoms with van der Waals surface area (Å²) < 4.78 is 39.2. The fourth-order valence-corrected chi connectivity index (χ4v) is 3.92. The maximum absolute atomic E-state index is 13.1. The van der Waals surface area contributed by atoms with Crippen molar-refractivity contribution in [3.63, 3.8) is 0 Å². The van der Waals surface area contributed by atoms with Gasteiger partial charge in [-0.05, 0) is 53.9 Å². The van der Waals surface area contributed by atoms with E-state index in [2.05, 4.69) is 10.6 Å². The van der Waals surface area contributed by atoms with E-state index < -0.39 is 23.7 Å². The molecule has 33 heavy (non-hydrogen) atoms. The molecule has 170 valence electrons. The van der Waals surface area contributed by atoms with Crippen LogP contribution in [0.5, 0.6) is 0 Å². The van der Waals surface area contributed by atoms with Gasteiger partial charge in [-0.3, -0.25) is 9.59 Å². The molecule has 0 saturated heterocycles. The Morgan fingerprint density at radius 3 is 2.39 bits per heavy atom. The third kappa shape index (κ3) is 5.00. The Labute approximate surface area is 189 Å². The van der Waals surface area contributed by atoms with E-state index >= 15 is 0 Å². The van der Waals surface area contributed by atoms with E-state index in [0.29, 0.717) is 24.2 Å². The van der Waals surface area contributed by atoms with Gasteiger partial charge in [-0.15, -0.1) is 0 Å². The van der Waals surface area contributed by atoms with Crippen LogP contribution in [0.25, 0.3) is 0 Å². The van der Waals surface area contributed by atoms with Crippen LogP contribution in [0.4, 0.5) is 30.2 Å². The van der Waals surface area contributed by atoms with Crippen LogP contribution in [0.15, 0.2) is 72.8 Å². The first-order valence-corrected chi connectivity index (χ1v) is 10.4. The number of carbonyl (C=O) groups is 2. The highest BCUT2D eigenvalue weighted by Gasteiger charge is 2.31. The van der Waals surface area contributed by atoms with Gasteiger partial charge in [0.15, 0.2) is 0 Å². The molecule has 0 aliphatic carbocycles. The summed E-state index contributed by atoms with van der Waals surface area (Å²) in [5.74, 6) is -0.525. The smallest absolute Gasteiger partial charge is 0.370 e. The topological polar surface area (TPSA) is 61.4 Å². The molecule has 3 aromatic rings. The summed E-state index contributed by atoms with van der Waals surface area (Å²) in [5.41, 5.74) is 2.39. The predicted molar refractivity (Wildman–Crippen MR) is 121 cm³/mol. The van der Waals surface area contributed by atoms with Gasteiger partial charge in [0.1, 0.15) is 6.04 Å². The van der Waals surface area contributed by atoms with Crippen molar-refractivity contribution < 1.29 is 22.8 Å². The molecule has 1 heterocycles. The molecule has 1 atom stereocenters. The molecular formula is C25H22F3N3O2. The number of halogens is 3. The molecule has 2 N–H and O–H groups in total. The Kier molecular flexibility index (Phi) is 6.09. The molecule has 0 radical (unpaired) electrons. The van der Waals surface area contributed by atoms with E-state index in [1.807, 2.05) is 18.2 Å². The number of amides is 2. The van der Waals surface area contributed by atoms with Gasteiger partial charge in [-0.1, -0.05) is 36.4 Å². The Balaban J connectivity index is 1.59. The summed E-state index contributed by atoms with van der Waals surface area (Å²) in [5, 5.41) is 5.79. The second-order valence-corrected chi connectivity index (χ2v) is 7.82. The number of carbonyl (C=O) groups excluding carboxylic acids is 2. The van der Waals surface area contributed by atoms with Crippen LogP contribution in [0, 0.1) is 0 Å². The SMILES string of the molecule is CC(=O)N1CCc2cc(NC(C(=O)Nc3cccc(C(F)(F)F)c3)c3ccccc3)ccc21. The van der Waals surface area contributed by atoms with Crippen molar-refractivity contribution in [2.24, 2.45) is 0 Å². The largest absolute Gasteiger partial charge is 0.416 e. The number of anilines is 3. The summed E-state index contributed by atoms with van der Waals surface area (Å²) >= 11 is 0. The molecular weight excluding hydrogens is 431 g/mol. The lowest BCUT2D eigenvalue weighted by Gasteiger charge is -2.21. The fourth-order valence-electron chi connectivity index (χ4n) is 3.92. The molecule has 0 bridgehead atoms. The number of nitrogens with one attached hydrogen (secondary N) is 2. The van der Waals surface area contributed by atoms with Crippen molar-refractivity contribution in [1.29, 1.82) is 0 Å². The first kappa shape index (κ1) is 22.4. The normalized spacial score (nSPS) is 13.9. The monoisotopic (exact) mass is 453 g/mol. The average Bonchev–Trinajstić information content (AvgIpc) is 3.21. The van der Waals surface area contributed by atoms with Gasteiger partial charge in [0.05, 0.1) is 5.56 Å². The van der Waals surface area contributed by atoms with Crippen molar-refractivity contribution in [3.05, 3.63) is 89.5 Å². The molecule has 4 rings (SSSR count). The zero-order chi connectivity index (χ0) is 23.6. The molecule has 3 aromatic carbocycles. The molecule has 2 amide bonds. The van der Waals surface area contributed by atoms with Crippen molar-refractivity contribution in [2.75, 3.05) is 22.1 Å². The zero-order valence-electron chi connectivity index (χ0n) is 17.8. The molecule has 0 saturated carbocycles. The number of benzene rings is 3. The second kappa shape index (κ2) is 8.97. The average molecular weight is 453 g/mol. The van der Waals surface area contributed by atoms with Crippen LogP contribution < -0.4 is 15.5 Å². The third-order valence-electron chi connectivity index (χ3n) is 5.52. The van der Waals surface area contributed by atoms with E-state index in [4.69, 9.17) is 0 Å². The van der Waals surface area contributed by atoms with Gasteiger partial charge >= 0.3 is 6.18 Å². The second-order valence-electron chi connectivity index (χ2n) is 7.82. The molecule has 0 spiro atoms. The summed E-state index contributed by atoms with van der Waals surface area (Å²) in [4.78, 5) is 26.6. The lowest BCUT2D eigenvalue weighted by atomic mass is 10.0. The lowest BCUT2D eigenvalue weighted by molar-refractivity contribution is -0.137. The first-order chi connectivity index (χ1) is 15.7. The van der Waals surface area contributed by atoms with E-state index in [-0.39, 0.29) is 11.6 Å². The van der Waals surface area contributed by atoms with E-state index in [1.165, 1.54) is 19.1 Å². The van der Waals surface area contributed by atoms with E-state index in [0.717, 1.165) is 23.4 Å². The van der Waals surface area contributed by atoms with E-state index in [9.17, 15) is 22.8 Å². The number of alkyl halides is 3. The first-order valence-electron chi connectivity index (χ1n) is 10.4. The van der Waals surface area contributed by atoms with Gasteiger partial charge in [-0.25, -0.2) is 0 Å². The Bertz CT molecular complexity index is 1180. The fraction of sp³-hybridized carbons (Fsp3) is 0.200. The number of nitrogens with zero attached hydrogens (tertiary/aromatic N) is 1. The molecule has 1 aliphatic rings. The number of rotatable bonds is 5. The summed E-state index contributed by atoms with van der Waals surface area (Å²) in [6.07, 6.45) is -3.80. The van der Waals surface area contributed by atoms with Gasteiger partial charge in [0.2, 0.25) is 5.91 Å². The van der Waals surface area contributed by atoms with Gasteiger partial charge in [0.25, 0.3) is 5.91 Å².